The number of aliphatic hydroxyl groups excluding tert-OH is 1. The van der Waals surface area contributed by atoms with Gasteiger partial charge in [-0.2, -0.15) is 11.8 Å². The quantitative estimate of drug-likeness (QED) is 0.535. The van der Waals surface area contributed by atoms with Gasteiger partial charge in [0.05, 0.1) is 6.10 Å². The van der Waals surface area contributed by atoms with Crippen LogP contribution in [-0.4, -0.2) is 22.2 Å². The Morgan fingerprint density at radius 2 is 2.25 bits per heavy atom. The van der Waals surface area contributed by atoms with Gasteiger partial charge in [-0.1, -0.05) is 6.92 Å². The van der Waals surface area contributed by atoms with E-state index in [0.29, 0.717) is 0 Å². The lowest BCUT2D eigenvalue weighted by molar-refractivity contribution is 0.182. The molecular weight excluding hydrogens is 120 g/mol. The van der Waals surface area contributed by atoms with Gasteiger partial charge in [0.15, 0.2) is 0 Å². The van der Waals surface area contributed by atoms with Crippen molar-refractivity contribution in [1.29, 1.82) is 0 Å². The lowest BCUT2D eigenvalue weighted by atomic mass is 10.2. The van der Waals surface area contributed by atoms with Crippen LogP contribution in [0.15, 0.2) is 0 Å². The fraction of sp³-hybridized carbons (Fsp3) is 1.00. The summed E-state index contributed by atoms with van der Waals surface area (Å²) in [5.74, 6) is 0.946. The van der Waals surface area contributed by atoms with Gasteiger partial charge in [0, 0.05) is 11.0 Å². The molecule has 2 heteroatoms. The molecule has 0 aliphatic carbocycles. The standard InChI is InChI=1S/C6H12OS/c1-5-2-3-6(7)4-8-5/h5-7H,2-4H2,1H3/t5-,6+/m1/s1. The Hall–Kier alpha value is 0.310. The van der Waals surface area contributed by atoms with Crippen molar-refractivity contribution in [3.8, 4) is 0 Å². The van der Waals surface area contributed by atoms with Crippen molar-refractivity contribution in [2.45, 2.75) is 31.1 Å². The lowest BCUT2D eigenvalue weighted by Gasteiger charge is -2.21. The van der Waals surface area contributed by atoms with E-state index in [1.807, 2.05) is 11.8 Å². The largest absolute Gasteiger partial charge is 0.392 e. The summed E-state index contributed by atoms with van der Waals surface area (Å²) >= 11 is 1.88. The summed E-state index contributed by atoms with van der Waals surface area (Å²) in [7, 11) is 0. The molecule has 0 spiro atoms. The topological polar surface area (TPSA) is 20.2 Å². The van der Waals surface area contributed by atoms with Crippen LogP contribution in [0.5, 0.6) is 0 Å². The Morgan fingerprint density at radius 3 is 2.62 bits per heavy atom. The molecule has 1 aliphatic heterocycles. The van der Waals surface area contributed by atoms with Crippen molar-refractivity contribution >= 4 is 11.8 Å². The van der Waals surface area contributed by atoms with E-state index in [1.54, 1.807) is 0 Å². The first-order valence-corrected chi connectivity index (χ1v) is 4.13. The normalized spacial score (nSPS) is 39.8. The summed E-state index contributed by atoms with van der Waals surface area (Å²) in [5.41, 5.74) is 0. The third-order valence-electron chi connectivity index (χ3n) is 1.48. The molecule has 0 aromatic rings. The van der Waals surface area contributed by atoms with Crippen LogP contribution >= 0.6 is 11.8 Å². The highest BCUT2D eigenvalue weighted by molar-refractivity contribution is 7.99. The summed E-state index contributed by atoms with van der Waals surface area (Å²) in [6.07, 6.45) is 2.18. The van der Waals surface area contributed by atoms with Crippen LogP contribution in [-0.2, 0) is 0 Å². The molecule has 0 amide bonds. The molecule has 0 radical (unpaired) electrons. The number of hydrogen-bond donors (Lipinski definition) is 1. The minimum absolute atomic E-state index is 0.0174. The Morgan fingerprint density at radius 1 is 1.50 bits per heavy atom. The fourth-order valence-corrected chi connectivity index (χ4v) is 1.89. The van der Waals surface area contributed by atoms with Gasteiger partial charge in [-0.15, -0.1) is 0 Å². The first kappa shape index (κ1) is 6.43. The van der Waals surface area contributed by atoms with Crippen molar-refractivity contribution in [2.24, 2.45) is 0 Å². The van der Waals surface area contributed by atoms with E-state index in [1.165, 1.54) is 6.42 Å². The molecule has 1 saturated heterocycles. The van der Waals surface area contributed by atoms with Crippen LogP contribution in [0.4, 0.5) is 0 Å². The van der Waals surface area contributed by atoms with Gasteiger partial charge in [0.1, 0.15) is 0 Å². The number of aliphatic hydroxyl groups is 1. The monoisotopic (exact) mass is 132 g/mol. The van der Waals surface area contributed by atoms with E-state index in [-0.39, 0.29) is 6.10 Å². The molecule has 0 bridgehead atoms. The van der Waals surface area contributed by atoms with Crippen LogP contribution in [0.3, 0.4) is 0 Å². The van der Waals surface area contributed by atoms with Crippen LogP contribution in [0, 0.1) is 0 Å². The SMILES string of the molecule is C[C@@H]1CC[C@H](O)CS1. The van der Waals surface area contributed by atoms with E-state index in [2.05, 4.69) is 6.92 Å². The molecule has 1 rings (SSSR count). The first-order chi connectivity index (χ1) is 3.79. The van der Waals surface area contributed by atoms with E-state index < -0.39 is 0 Å². The summed E-state index contributed by atoms with van der Waals surface area (Å²) in [6, 6.07) is 0. The smallest absolute Gasteiger partial charge is 0.0631 e. The van der Waals surface area contributed by atoms with E-state index in [9.17, 15) is 0 Å². The summed E-state index contributed by atoms with van der Waals surface area (Å²) < 4.78 is 0. The highest BCUT2D eigenvalue weighted by Crippen LogP contribution is 2.24. The summed E-state index contributed by atoms with van der Waals surface area (Å²) in [4.78, 5) is 0. The third-order valence-corrected chi connectivity index (χ3v) is 2.86. The third kappa shape index (κ3) is 1.67. The highest BCUT2D eigenvalue weighted by Gasteiger charge is 2.14. The fourth-order valence-electron chi connectivity index (χ4n) is 0.869. The molecule has 1 aliphatic rings. The number of thioether (sulfide) groups is 1. The van der Waals surface area contributed by atoms with Gasteiger partial charge in [0.25, 0.3) is 0 Å². The number of hydrogen-bond acceptors (Lipinski definition) is 2. The minimum Gasteiger partial charge on any atom is -0.392 e. The molecular formula is C6H12OS. The zero-order chi connectivity index (χ0) is 5.98. The van der Waals surface area contributed by atoms with E-state index >= 15 is 0 Å². The van der Waals surface area contributed by atoms with Gasteiger partial charge in [-0.3, -0.25) is 0 Å². The average molecular weight is 132 g/mol. The summed E-state index contributed by atoms with van der Waals surface area (Å²) in [6.45, 7) is 2.22. The molecule has 0 aromatic heterocycles. The first-order valence-electron chi connectivity index (χ1n) is 3.08. The van der Waals surface area contributed by atoms with E-state index in [0.717, 1.165) is 17.4 Å². The maximum Gasteiger partial charge on any atom is 0.0631 e. The maximum absolute atomic E-state index is 9.01. The summed E-state index contributed by atoms with van der Waals surface area (Å²) in [5, 5.41) is 9.78. The molecule has 1 heterocycles. The molecule has 1 N–H and O–H groups in total. The van der Waals surface area contributed by atoms with Gasteiger partial charge in [0.2, 0.25) is 0 Å². The minimum atomic E-state index is -0.0174. The van der Waals surface area contributed by atoms with Crippen molar-refractivity contribution in [3.63, 3.8) is 0 Å². The molecule has 1 fully saturated rings. The van der Waals surface area contributed by atoms with Crippen LogP contribution in [0.1, 0.15) is 19.8 Å². The number of rotatable bonds is 0. The Labute approximate surface area is 54.5 Å². The zero-order valence-electron chi connectivity index (χ0n) is 5.13. The van der Waals surface area contributed by atoms with Gasteiger partial charge in [-0.25, -0.2) is 0 Å². The molecule has 0 unspecified atom stereocenters. The predicted octanol–water partition coefficient (Wildman–Crippen LogP) is 1.26. The molecule has 1 nitrogen and oxygen atoms in total. The van der Waals surface area contributed by atoms with Crippen molar-refractivity contribution < 1.29 is 5.11 Å². The average Bonchev–Trinajstić information content (AvgIpc) is 1.77. The molecule has 8 heavy (non-hydrogen) atoms. The zero-order valence-corrected chi connectivity index (χ0v) is 5.95. The van der Waals surface area contributed by atoms with Crippen LogP contribution in [0.25, 0.3) is 0 Å². The van der Waals surface area contributed by atoms with E-state index in [4.69, 9.17) is 5.11 Å². The van der Waals surface area contributed by atoms with Gasteiger partial charge < -0.3 is 5.11 Å². The van der Waals surface area contributed by atoms with Crippen molar-refractivity contribution in [3.05, 3.63) is 0 Å². The maximum atomic E-state index is 9.01. The molecule has 0 saturated carbocycles. The predicted molar refractivity (Wildman–Crippen MR) is 37.2 cm³/mol. The lowest BCUT2D eigenvalue weighted by Crippen LogP contribution is -2.19. The Bertz CT molecular complexity index is 56.9. The van der Waals surface area contributed by atoms with Gasteiger partial charge in [-0.05, 0) is 12.8 Å². The second-order valence-electron chi connectivity index (χ2n) is 2.38. The van der Waals surface area contributed by atoms with Gasteiger partial charge >= 0.3 is 0 Å². The van der Waals surface area contributed by atoms with Crippen molar-refractivity contribution in [1.82, 2.24) is 0 Å². The second kappa shape index (κ2) is 2.74. The highest BCUT2D eigenvalue weighted by atomic mass is 32.2. The second-order valence-corrected chi connectivity index (χ2v) is 3.85. The van der Waals surface area contributed by atoms with Crippen LogP contribution in [0.2, 0.25) is 0 Å². The molecule has 2 atom stereocenters. The molecule has 0 aromatic carbocycles. The Kier molecular flexibility index (Phi) is 2.20. The van der Waals surface area contributed by atoms with Crippen LogP contribution < -0.4 is 0 Å². The van der Waals surface area contributed by atoms with Crippen molar-refractivity contribution in [2.75, 3.05) is 5.75 Å². The Balaban J connectivity index is 2.19. The molecule has 48 valence electrons.